The molecule has 1 rings (SSSR count). The van der Waals surface area contributed by atoms with Gasteiger partial charge in [-0.1, -0.05) is 29.3 Å². The van der Waals surface area contributed by atoms with Crippen LogP contribution < -0.4 is 0 Å². The monoisotopic (exact) mass is 329 g/mol. The summed E-state index contributed by atoms with van der Waals surface area (Å²) in [7, 11) is 1.28. The van der Waals surface area contributed by atoms with Gasteiger partial charge in [-0.15, -0.1) is 0 Å². The van der Waals surface area contributed by atoms with Crippen LogP contribution in [0, 0.1) is 0 Å². The second-order valence-electron chi connectivity index (χ2n) is 4.60. The maximum atomic E-state index is 12.2. The molecule has 1 amide bonds. The minimum Gasteiger partial charge on any atom is -0.468 e. The second-order valence-corrected chi connectivity index (χ2v) is 5.42. The predicted octanol–water partition coefficient (Wildman–Crippen LogP) is 3.42. The molecule has 0 saturated carbocycles. The average Bonchev–Trinajstić information content (AvgIpc) is 2.43. The van der Waals surface area contributed by atoms with E-state index in [1.165, 1.54) is 18.1 Å². The lowest BCUT2D eigenvalue weighted by Gasteiger charge is -2.24. The number of methoxy groups -OCH3 is 1. The van der Waals surface area contributed by atoms with Gasteiger partial charge in [-0.25, -0.2) is 0 Å². The van der Waals surface area contributed by atoms with Gasteiger partial charge in [0, 0.05) is 27.7 Å². The van der Waals surface area contributed by atoms with Gasteiger partial charge in [0.05, 0.1) is 7.11 Å². The molecule has 0 unspecified atom stereocenters. The second kappa shape index (κ2) is 8.05. The van der Waals surface area contributed by atoms with E-state index in [1.807, 2.05) is 13.8 Å². The van der Waals surface area contributed by atoms with Crippen LogP contribution in [0.2, 0.25) is 10.0 Å². The van der Waals surface area contributed by atoms with Crippen molar-refractivity contribution in [2.75, 3.05) is 13.7 Å². The van der Waals surface area contributed by atoms with E-state index in [1.54, 1.807) is 24.3 Å². The molecule has 6 heteroatoms. The summed E-state index contributed by atoms with van der Waals surface area (Å²) in [4.78, 5) is 24.9. The van der Waals surface area contributed by atoms with E-state index in [9.17, 15) is 9.59 Å². The van der Waals surface area contributed by atoms with E-state index in [0.29, 0.717) is 15.6 Å². The van der Waals surface area contributed by atoms with E-state index in [-0.39, 0.29) is 18.5 Å². The number of amides is 1. The number of halogens is 2. The topological polar surface area (TPSA) is 46.6 Å². The number of hydrogen-bond acceptors (Lipinski definition) is 3. The van der Waals surface area contributed by atoms with Gasteiger partial charge < -0.3 is 9.64 Å². The van der Waals surface area contributed by atoms with Crippen LogP contribution in [0.15, 0.2) is 24.3 Å². The highest BCUT2D eigenvalue weighted by Crippen LogP contribution is 2.25. The maximum Gasteiger partial charge on any atom is 0.325 e. The van der Waals surface area contributed by atoms with Crippen molar-refractivity contribution in [2.45, 2.75) is 19.9 Å². The molecule has 0 aliphatic rings. The van der Waals surface area contributed by atoms with Gasteiger partial charge in [-0.2, -0.15) is 0 Å². The quantitative estimate of drug-likeness (QED) is 0.614. The Morgan fingerprint density at radius 1 is 1.29 bits per heavy atom. The molecule has 114 valence electrons. The number of esters is 1. The van der Waals surface area contributed by atoms with Gasteiger partial charge in [0.2, 0.25) is 5.91 Å². The van der Waals surface area contributed by atoms with Crippen LogP contribution in [0.3, 0.4) is 0 Å². The number of carbonyl (C=O) groups is 2. The Bertz CT molecular complexity index is 536. The van der Waals surface area contributed by atoms with Gasteiger partial charge >= 0.3 is 5.97 Å². The smallest absolute Gasteiger partial charge is 0.325 e. The van der Waals surface area contributed by atoms with E-state index >= 15 is 0 Å². The third-order valence-corrected chi connectivity index (χ3v) is 3.49. The van der Waals surface area contributed by atoms with Crippen LogP contribution in [-0.2, 0) is 14.3 Å². The summed E-state index contributed by atoms with van der Waals surface area (Å²) in [6.07, 6.45) is 2.88. The highest BCUT2D eigenvalue weighted by Gasteiger charge is 2.18. The number of hydrogen-bond donors (Lipinski definition) is 0. The lowest BCUT2D eigenvalue weighted by molar-refractivity contribution is -0.146. The number of nitrogens with zero attached hydrogens (tertiary/aromatic N) is 1. The maximum absolute atomic E-state index is 12.2. The molecule has 0 aromatic heterocycles. The Balaban J connectivity index is 2.91. The first-order valence-electron chi connectivity index (χ1n) is 6.36. The third-order valence-electron chi connectivity index (χ3n) is 2.83. The van der Waals surface area contributed by atoms with Gasteiger partial charge in [0.1, 0.15) is 6.54 Å². The van der Waals surface area contributed by atoms with E-state index < -0.39 is 5.97 Å². The van der Waals surface area contributed by atoms with E-state index in [0.717, 1.165) is 0 Å². The Morgan fingerprint density at radius 2 is 1.86 bits per heavy atom. The van der Waals surface area contributed by atoms with Crippen molar-refractivity contribution in [3.8, 4) is 0 Å². The average molecular weight is 330 g/mol. The molecular weight excluding hydrogens is 313 g/mol. The minimum atomic E-state index is -0.471. The molecule has 0 saturated heterocycles. The van der Waals surface area contributed by atoms with E-state index in [4.69, 9.17) is 23.2 Å². The van der Waals surface area contributed by atoms with Gasteiger partial charge in [0.25, 0.3) is 0 Å². The van der Waals surface area contributed by atoms with Gasteiger partial charge in [-0.05, 0) is 32.1 Å². The Labute approximate surface area is 134 Å². The van der Waals surface area contributed by atoms with Crippen LogP contribution in [0.25, 0.3) is 6.08 Å². The summed E-state index contributed by atoms with van der Waals surface area (Å²) in [6, 6.07) is 4.96. The summed E-state index contributed by atoms with van der Waals surface area (Å²) in [6.45, 7) is 3.53. The standard InChI is InChI=1S/C15H17Cl2NO3/c1-10(2)18(9-15(20)21-3)14(19)8-7-11-12(16)5-4-6-13(11)17/h4-8,10H,9H2,1-3H3/b8-7+. The SMILES string of the molecule is COC(=O)CN(C(=O)/C=C/c1c(Cl)cccc1Cl)C(C)C. The molecule has 0 N–H and O–H groups in total. The minimum absolute atomic E-state index is 0.104. The van der Waals surface area contributed by atoms with Crippen molar-refractivity contribution in [1.29, 1.82) is 0 Å². The summed E-state index contributed by atoms with van der Waals surface area (Å²) in [5, 5.41) is 0.909. The Hall–Kier alpha value is -1.52. The molecular formula is C15H17Cl2NO3. The zero-order valence-electron chi connectivity index (χ0n) is 12.1. The highest BCUT2D eigenvalue weighted by molar-refractivity contribution is 6.37. The summed E-state index contributed by atoms with van der Waals surface area (Å²) >= 11 is 12.1. The molecule has 21 heavy (non-hydrogen) atoms. The molecule has 0 radical (unpaired) electrons. The Kier molecular flexibility index (Phi) is 6.72. The van der Waals surface area contributed by atoms with Crippen LogP contribution in [0.5, 0.6) is 0 Å². The fraction of sp³-hybridized carbons (Fsp3) is 0.333. The predicted molar refractivity (Wildman–Crippen MR) is 84.4 cm³/mol. The van der Waals surface area contributed by atoms with Gasteiger partial charge in [-0.3, -0.25) is 9.59 Å². The number of carbonyl (C=O) groups excluding carboxylic acids is 2. The van der Waals surface area contributed by atoms with Crippen LogP contribution >= 0.6 is 23.2 Å². The molecule has 0 bridgehead atoms. The zero-order chi connectivity index (χ0) is 16.0. The molecule has 0 heterocycles. The van der Waals surface area contributed by atoms with Crippen molar-refractivity contribution < 1.29 is 14.3 Å². The summed E-state index contributed by atoms with van der Waals surface area (Å²) in [5.74, 6) is -0.785. The molecule has 1 aromatic rings. The van der Waals surface area contributed by atoms with Crippen molar-refractivity contribution in [2.24, 2.45) is 0 Å². The van der Waals surface area contributed by atoms with E-state index in [2.05, 4.69) is 4.74 Å². The number of ether oxygens (including phenoxy) is 1. The summed E-state index contributed by atoms with van der Waals surface area (Å²) < 4.78 is 4.58. The number of rotatable bonds is 5. The lowest BCUT2D eigenvalue weighted by atomic mass is 10.2. The van der Waals surface area contributed by atoms with Crippen molar-refractivity contribution in [3.05, 3.63) is 39.9 Å². The molecule has 0 aliphatic carbocycles. The summed E-state index contributed by atoms with van der Waals surface area (Å²) in [5.41, 5.74) is 0.566. The molecule has 1 aromatic carbocycles. The van der Waals surface area contributed by atoms with Crippen LogP contribution in [0.1, 0.15) is 19.4 Å². The number of benzene rings is 1. The van der Waals surface area contributed by atoms with Crippen molar-refractivity contribution in [3.63, 3.8) is 0 Å². The molecule has 0 atom stereocenters. The molecule has 0 spiro atoms. The Morgan fingerprint density at radius 3 is 2.33 bits per heavy atom. The lowest BCUT2D eigenvalue weighted by Crippen LogP contribution is -2.40. The van der Waals surface area contributed by atoms with Gasteiger partial charge in [0.15, 0.2) is 0 Å². The third kappa shape index (κ3) is 5.06. The van der Waals surface area contributed by atoms with Crippen LogP contribution in [0.4, 0.5) is 0 Å². The zero-order valence-corrected chi connectivity index (χ0v) is 13.6. The van der Waals surface area contributed by atoms with Crippen LogP contribution in [-0.4, -0.2) is 36.5 Å². The first kappa shape index (κ1) is 17.5. The largest absolute Gasteiger partial charge is 0.468 e. The van der Waals surface area contributed by atoms with Crippen molar-refractivity contribution in [1.82, 2.24) is 4.90 Å². The highest BCUT2D eigenvalue weighted by atomic mass is 35.5. The first-order chi connectivity index (χ1) is 9.86. The molecule has 0 aliphatic heterocycles. The fourth-order valence-corrected chi connectivity index (χ4v) is 2.16. The normalized spacial score (nSPS) is 11.0. The molecule has 4 nitrogen and oxygen atoms in total. The van der Waals surface area contributed by atoms with Crippen molar-refractivity contribution >= 4 is 41.2 Å². The first-order valence-corrected chi connectivity index (χ1v) is 7.12. The molecule has 0 fully saturated rings. The fourth-order valence-electron chi connectivity index (χ4n) is 1.64.